The van der Waals surface area contributed by atoms with Crippen LogP contribution < -0.4 is 0 Å². The summed E-state index contributed by atoms with van der Waals surface area (Å²) in [5, 5.41) is 0. The van der Waals surface area contributed by atoms with Crippen molar-refractivity contribution >= 4 is 0 Å². The second kappa shape index (κ2) is 8.66. The minimum Gasteiger partial charge on any atom is -0.207 e. The number of hydrogen-bond acceptors (Lipinski definition) is 0. The zero-order chi connectivity index (χ0) is 13.3. The largest absolute Gasteiger partial charge is 0.248 e. The van der Waals surface area contributed by atoms with Crippen molar-refractivity contribution in [3.8, 4) is 0 Å². The molecule has 0 spiro atoms. The second-order valence-corrected chi connectivity index (χ2v) is 5.47. The molecule has 1 atom stereocenters. The van der Waals surface area contributed by atoms with E-state index in [1.54, 1.807) is 0 Å². The molecule has 0 amide bonds. The van der Waals surface area contributed by atoms with Crippen LogP contribution in [-0.2, 0) is 0 Å². The first kappa shape index (κ1) is 16.6. The van der Waals surface area contributed by atoms with E-state index in [9.17, 15) is 8.78 Å². The predicted octanol–water partition coefficient (Wildman–Crippen LogP) is 5.83. The van der Waals surface area contributed by atoms with E-state index in [1.807, 2.05) is 13.0 Å². The summed E-state index contributed by atoms with van der Waals surface area (Å²) in [5.74, 6) is -1.52. The van der Waals surface area contributed by atoms with E-state index in [4.69, 9.17) is 0 Å². The molecule has 0 aliphatic heterocycles. The molecule has 0 N–H and O–H groups in total. The van der Waals surface area contributed by atoms with Gasteiger partial charge in [-0.25, -0.2) is 8.78 Å². The lowest BCUT2D eigenvalue weighted by molar-refractivity contribution is -0.0211. The number of allylic oxidation sites excluding steroid dienone is 1. The molecule has 102 valence electrons. The molecule has 0 aromatic rings. The molecule has 0 saturated heterocycles. The van der Waals surface area contributed by atoms with E-state index in [0.717, 1.165) is 12.8 Å². The number of rotatable bonds is 10. The standard InChI is InChI=1S/C15H28F2/c1-5-11-15(16,17)12-10-14(6-2)9-7-8-13(3)4/h6,13-14H,2,5,7-12H2,1,3-4H3. The van der Waals surface area contributed by atoms with Crippen LogP contribution >= 0.6 is 0 Å². The fourth-order valence-electron chi connectivity index (χ4n) is 2.06. The summed E-state index contributed by atoms with van der Waals surface area (Å²) < 4.78 is 26.7. The predicted molar refractivity (Wildman–Crippen MR) is 71.5 cm³/mol. The lowest BCUT2D eigenvalue weighted by Crippen LogP contribution is -2.16. The summed E-state index contributed by atoms with van der Waals surface area (Å²) in [4.78, 5) is 0. The van der Waals surface area contributed by atoms with Gasteiger partial charge in [0.1, 0.15) is 0 Å². The maximum atomic E-state index is 13.3. The molecule has 1 unspecified atom stereocenters. The van der Waals surface area contributed by atoms with Gasteiger partial charge < -0.3 is 0 Å². The Balaban J connectivity index is 3.85. The Morgan fingerprint density at radius 1 is 1.12 bits per heavy atom. The topological polar surface area (TPSA) is 0 Å². The highest BCUT2D eigenvalue weighted by molar-refractivity contribution is 4.81. The van der Waals surface area contributed by atoms with E-state index in [-0.39, 0.29) is 18.8 Å². The Bertz CT molecular complexity index is 197. The van der Waals surface area contributed by atoms with E-state index in [0.29, 0.717) is 18.8 Å². The van der Waals surface area contributed by atoms with Crippen LogP contribution in [0.25, 0.3) is 0 Å². The van der Waals surface area contributed by atoms with Gasteiger partial charge in [0.15, 0.2) is 0 Å². The van der Waals surface area contributed by atoms with Crippen molar-refractivity contribution < 1.29 is 8.78 Å². The van der Waals surface area contributed by atoms with Gasteiger partial charge in [0.25, 0.3) is 0 Å². The van der Waals surface area contributed by atoms with Crippen molar-refractivity contribution in [2.75, 3.05) is 0 Å². The summed E-state index contributed by atoms with van der Waals surface area (Å²) in [6.07, 6.45) is 6.31. The number of hydrogen-bond donors (Lipinski definition) is 0. The molecule has 0 aromatic carbocycles. The van der Waals surface area contributed by atoms with Crippen LogP contribution in [0.4, 0.5) is 8.78 Å². The van der Waals surface area contributed by atoms with E-state index in [2.05, 4.69) is 20.4 Å². The Kier molecular flexibility index (Phi) is 8.45. The molecule has 17 heavy (non-hydrogen) atoms. The van der Waals surface area contributed by atoms with Gasteiger partial charge in [-0.1, -0.05) is 46.1 Å². The maximum Gasteiger partial charge on any atom is 0.248 e. The monoisotopic (exact) mass is 246 g/mol. The van der Waals surface area contributed by atoms with Gasteiger partial charge in [-0.3, -0.25) is 0 Å². The maximum absolute atomic E-state index is 13.3. The molecule has 2 heteroatoms. The Hall–Kier alpha value is -0.400. The van der Waals surface area contributed by atoms with Crippen molar-refractivity contribution in [1.82, 2.24) is 0 Å². The highest BCUT2D eigenvalue weighted by Gasteiger charge is 2.27. The van der Waals surface area contributed by atoms with Crippen LogP contribution in [-0.4, -0.2) is 5.92 Å². The SMILES string of the molecule is C=CC(CCCC(C)C)CCC(F)(F)CCC. The smallest absolute Gasteiger partial charge is 0.207 e. The van der Waals surface area contributed by atoms with Crippen molar-refractivity contribution in [3.63, 3.8) is 0 Å². The normalized spacial score (nSPS) is 14.0. The minimum atomic E-state index is -2.48. The lowest BCUT2D eigenvalue weighted by Gasteiger charge is -2.19. The fourth-order valence-corrected chi connectivity index (χ4v) is 2.06. The number of alkyl halides is 2. The van der Waals surface area contributed by atoms with Crippen molar-refractivity contribution in [3.05, 3.63) is 12.7 Å². The molecular formula is C15H28F2. The third-order valence-electron chi connectivity index (χ3n) is 3.19. The highest BCUT2D eigenvalue weighted by Crippen LogP contribution is 2.29. The summed E-state index contributed by atoms with van der Waals surface area (Å²) in [7, 11) is 0. The summed E-state index contributed by atoms with van der Waals surface area (Å²) in [5.41, 5.74) is 0. The van der Waals surface area contributed by atoms with E-state index in [1.165, 1.54) is 6.42 Å². The number of halogens is 2. The average Bonchev–Trinajstić information content (AvgIpc) is 2.22. The van der Waals surface area contributed by atoms with Gasteiger partial charge in [0.2, 0.25) is 5.92 Å². The van der Waals surface area contributed by atoms with Crippen molar-refractivity contribution in [1.29, 1.82) is 0 Å². The molecule has 0 bridgehead atoms. The molecule has 0 saturated carbocycles. The van der Waals surface area contributed by atoms with Gasteiger partial charge in [-0.15, -0.1) is 6.58 Å². The molecule has 0 nitrogen and oxygen atoms in total. The van der Waals surface area contributed by atoms with Crippen LogP contribution in [0.5, 0.6) is 0 Å². The zero-order valence-electron chi connectivity index (χ0n) is 11.6. The molecule has 0 aliphatic rings. The molecule has 0 aliphatic carbocycles. The van der Waals surface area contributed by atoms with Crippen LogP contribution in [0.3, 0.4) is 0 Å². The van der Waals surface area contributed by atoms with Crippen molar-refractivity contribution in [2.45, 2.75) is 71.6 Å². The van der Waals surface area contributed by atoms with Crippen LogP contribution in [0.2, 0.25) is 0 Å². The third kappa shape index (κ3) is 9.31. The van der Waals surface area contributed by atoms with E-state index < -0.39 is 5.92 Å². The first-order chi connectivity index (χ1) is 7.91. The Labute approximate surface area is 105 Å². The first-order valence-corrected chi connectivity index (χ1v) is 6.91. The quantitative estimate of drug-likeness (QED) is 0.425. The van der Waals surface area contributed by atoms with Gasteiger partial charge in [0.05, 0.1) is 0 Å². The molecule has 0 rings (SSSR count). The van der Waals surface area contributed by atoms with Crippen LogP contribution in [0.1, 0.15) is 65.7 Å². The average molecular weight is 246 g/mol. The van der Waals surface area contributed by atoms with Crippen molar-refractivity contribution in [2.24, 2.45) is 11.8 Å². The van der Waals surface area contributed by atoms with Crippen LogP contribution in [0.15, 0.2) is 12.7 Å². The molecule has 0 fully saturated rings. The first-order valence-electron chi connectivity index (χ1n) is 6.91. The minimum absolute atomic E-state index is 0.0131. The zero-order valence-corrected chi connectivity index (χ0v) is 11.6. The highest BCUT2D eigenvalue weighted by atomic mass is 19.3. The van der Waals surface area contributed by atoms with E-state index >= 15 is 0 Å². The van der Waals surface area contributed by atoms with Crippen LogP contribution in [0, 0.1) is 11.8 Å². The molecule has 0 radical (unpaired) electrons. The van der Waals surface area contributed by atoms with Gasteiger partial charge in [0, 0.05) is 12.8 Å². The van der Waals surface area contributed by atoms with Gasteiger partial charge in [-0.2, -0.15) is 0 Å². The molecular weight excluding hydrogens is 218 g/mol. The Morgan fingerprint density at radius 2 is 1.76 bits per heavy atom. The second-order valence-electron chi connectivity index (χ2n) is 5.47. The Morgan fingerprint density at radius 3 is 2.24 bits per heavy atom. The molecule has 0 heterocycles. The summed E-state index contributed by atoms with van der Waals surface area (Å²) in [6.45, 7) is 9.95. The lowest BCUT2D eigenvalue weighted by atomic mass is 9.92. The van der Waals surface area contributed by atoms with Gasteiger partial charge in [-0.05, 0) is 24.7 Å². The molecule has 0 aromatic heterocycles. The summed E-state index contributed by atoms with van der Waals surface area (Å²) >= 11 is 0. The summed E-state index contributed by atoms with van der Waals surface area (Å²) in [6, 6.07) is 0. The van der Waals surface area contributed by atoms with Gasteiger partial charge >= 0.3 is 0 Å². The fraction of sp³-hybridized carbons (Fsp3) is 0.867. The third-order valence-corrected chi connectivity index (χ3v) is 3.19.